The van der Waals surface area contributed by atoms with Crippen molar-refractivity contribution in [1.82, 2.24) is 0 Å². The van der Waals surface area contributed by atoms with Crippen LogP contribution in [-0.2, 0) is 0 Å². The molecule has 0 radical (unpaired) electrons. The molecule has 12 heavy (non-hydrogen) atoms. The first-order valence-electron chi connectivity index (χ1n) is 3.54. The van der Waals surface area contributed by atoms with Crippen molar-refractivity contribution >= 4 is 25.8 Å². The molecule has 2 aromatic heterocycles. The Morgan fingerprint density at radius 2 is 2.17 bits per heavy atom. The van der Waals surface area contributed by atoms with Gasteiger partial charge in [0.05, 0.1) is 0 Å². The van der Waals surface area contributed by atoms with Crippen molar-refractivity contribution in [2.75, 3.05) is 0 Å². The maximum atomic E-state index is 3.17. The molecule has 0 nitrogen and oxygen atoms in total. The van der Waals surface area contributed by atoms with Gasteiger partial charge in [0.25, 0.3) is 0 Å². The molecule has 0 fully saturated rings. The second kappa shape index (κ2) is 3.78. The van der Waals surface area contributed by atoms with Crippen molar-refractivity contribution in [3.8, 4) is 11.8 Å². The second-order valence-electron chi connectivity index (χ2n) is 2.20. The van der Waals surface area contributed by atoms with Crippen LogP contribution in [0.4, 0.5) is 0 Å². The van der Waals surface area contributed by atoms with Crippen LogP contribution in [-0.4, -0.2) is 14.5 Å². The summed E-state index contributed by atoms with van der Waals surface area (Å²) in [5.74, 6) is 6.31. The third kappa shape index (κ3) is 1.89. The van der Waals surface area contributed by atoms with E-state index in [0.29, 0.717) is 14.5 Å². The summed E-state index contributed by atoms with van der Waals surface area (Å²) < 4.78 is 1.27. The fourth-order valence-corrected chi connectivity index (χ4v) is 2.59. The molecule has 0 amide bonds. The predicted molar refractivity (Wildman–Crippen MR) is 53.7 cm³/mol. The van der Waals surface area contributed by atoms with E-state index in [1.54, 1.807) is 11.3 Å². The quantitative estimate of drug-likeness (QED) is 0.486. The van der Waals surface area contributed by atoms with Crippen LogP contribution in [0.5, 0.6) is 0 Å². The third-order valence-corrected chi connectivity index (χ3v) is 3.78. The van der Waals surface area contributed by atoms with Crippen molar-refractivity contribution in [3.63, 3.8) is 0 Å². The topological polar surface area (TPSA) is 0 Å². The van der Waals surface area contributed by atoms with Crippen LogP contribution in [0.2, 0.25) is 0 Å². The van der Waals surface area contributed by atoms with Crippen LogP contribution in [0.1, 0.15) is 9.31 Å². The molecule has 0 aliphatic rings. The SMILES string of the molecule is C(#Cc1ccc[se]1)c1cccs1. The Balaban J connectivity index is 2.22. The van der Waals surface area contributed by atoms with E-state index in [1.165, 1.54) is 4.44 Å². The summed E-state index contributed by atoms with van der Waals surface area (Å²) in [5, 5.41) is 2.05. The first-order chi connectivity index (χ1) is 5.95. The van der Waals surface area contributed by atoms with Gasteiger partial charge < -0.3 is 0 Å². The van der Waals surface area contributed by atoms with E-state index in [4.69, 9.17) is 0 Å². The molecular formula is C10H6SSe. The fraction of sp³-hybridized carbons (Fsp3) is 0. The third-order valence-electron chi connectivity index (χ3n) is 1.35. The summed E-state index contributed by atoms with van der Waals surface area (Å²) in [5.41, 5.74) is 0. The molecular weight excluding hydrogens is 231 g/mol. The van der Waals surface area contributed by atoms with Gasteiger partial charge in [0, 0.05) is 0 Å². The van der Waals surface area contributed by atoms with Crippen molar-refractivity contribution in [3.05, 3.63) is 43.9 Å². The van der Waals surface area contributed by atoms with Gasteiger partial charge in [0.1, 0.15) is 0 Å². The Kier molecular flexibility index (Phi) is 2.48. The average molecular weight is 237 g/mol. The zero-order chi connectivity index (χ0) is 8.23. The summed E-state index contributed by atoms with van der Waals surface area (Å²) in [7, 11) is 0. The maximum absolute atomic E-state index is 3.17. The molecule has 0 aliphatic carbocycles. The fourth-order valence-electron chi connectivity index (χ4n) is 0.823. The monoisotopic (exact) mass is 238 g/mol. The molecule has 0 saturated carbocycles. The summed E-state index contributed by atoms with van der Waals surface area (Å²) in [6, 6.07) is 8.26. The van der Waals surface area contributed by atoms with E-state index in [0.717, 1.165) is 4.88 Å². The molecule has 0 unspecified atom stereocenters. The van der Waals surface area contributed by atoms with E-state index < -0.39 is 0 Å². The Morgan fingerprint density at radius 3 is 2.83 bits per heavy atom. The average Bonchev–Trinajstić information content (AvgIpc) is 2.74. The molecule has 58 valence electrons. The van der Waals surface area contributed by atoms with Gasteiger partial charge in [0.2, 0.25) is 0 Å². The first kappa shape index (κ1) is 7.89. The van der Waals surface area contributed by atoms with Crippen LogP contribution in [0.15, 0.2) is 34.6 Å². The zero-order valence-corrected chi connectivity index (χ0v) is 8.81. The first-order valence-corrected chi connectivity index (χ1v) is 6.27. The van der Waals surface area contributed by atoms with Crippen LogP contribution < -0.4 is 0 Å². The molecule has 0 aliphatic heterocycles. The van der Waals surface area contributed by atoms with Crippen molar-refractivity contribution in [2.45, 2.75) is 0 Å². The molecule has 0 spiro atoms. The standard InChI is InChI=1S/C10H6SSe/c1-3-9(11-7-1)5-6-10-4-2-8-12-10/h1-4,7-8H. The van der Waals surface area contributed by atoms with Gasteiger partial charge in [-0.05, 0) is 0 Å². The Labute approximate surface area is 81.6 Å². The second-order valence-corrected chi connectivity index (χ2v) is 5.14. The van der Waals surface area contributed by atoms with E-state index in [9.17, 15) is 0 Å². The summed E-state index contributed by atoms with van der Waals surface area (Å²) >= 11 is 2.18. The number of rotatable bonds is 0. The Bertz CT molecular complexity index is 348. The predicted octanol–water partition coefficient (Wildman–Crippen LogP) is 2.20. The van der Waals surface area contributed by atoms with Gasteiger partial charge in [-0.2, -0.15) is 0 Å². The molecule has 0 aromatic carbocycles. The number of thiophene rings is 1. The molecule has 0 atom stereocenters. The molecule has 0 saturated heterocycles. The zero-order valence-electron chi connectivity index (χ0n) is 6.28. The minimum atomic E-state index is 0.490. The van der Waals surface area contributed by atoms with E-state index in [2.05, 4.69) is 34.3 Å². The molecule has 2 heteroatoms. The van der Waals surface area contributed by atoms with Crippen molar-refractivity contribution in [2.24, 2.45) is 0 Å². The summed E-state index contributed by atoms with van der Waals surface area (Å²) in [6.07, 6.45) is 0. The van der Waals surface area contributed by atoms with Gasteiger partial charge in [-0.25, -0.2) is 0 Å². The van der Waals surface area contributed by atoms with E-state index in [-0.39, 0.29) is 0 Å². The van der Waals surface area contributed by atoms with Crippen LogP contribution in [0.25, 0.3) is 0 Å². The number of hydrogen-bond donors (Lipinski definition) is 0. The Morgan fingerprint density at radius 1 is 1.17 bits per heavy atom. The molecule has 2 heterocycles. The summed E-state index contributed by atoms with van der Waals surface area (Å²) in [4.78, 5) is 3.34. The van der Waals surface area contributed by atoms with Crippen molar-refractivity contribution in [1.29, 1.82) is 0 Å². The van der Waals surface area contributed by atoms with Crippen LogP contribution in [0, 0.1) is 11.8 Å². The minimum absolute atomic E-state index is 0.490. The van der Waals surface area contributed by atoms with E-state index >= 15 is 0 Å². The molecule has 2 aromatic rings. The van der Waals surface area contributed by atoms with Gasteiger partial charge in [0.15, 0.2) is 0 Å². The Hall–Kier alpha value is -0.741. The molecule has 0 N–H and O–H groups in total. The normalized spacial score (nSPS) is 9.00. The van der Waals surface area contributed by atoms with Crippen molar-refractivity contribution < 1.29 is 0 Å². The van der Waals surface area contributed by atoms with Gasteiger partial charge >= 0.3 is 81.6 Å². The van der Waals surface area contributed by atoms with Gasteiger partial charge in [-0.1, -0.05) is 0 Å². The van der Waals surface area contributed by atoms with E-state index in [1.807, 2.05) is 12.1 Å². The number of hydrogen-bond acceptors (Lipinski definition) is 1. The van der Waals surface area contributed by atoms with Gasteiger partial charge in [-0.3, -0.25) is 0 Å². The molecule has 2 rings (SSSR count). The van der Waals surface area contributed by atoms with Gasteiger partial charge in [-0.15, -0.1) is 0 Å². The molecule has 0 bridgehead atoms. The van der Waals surface area contributed by atoms with Crippen LogP contribution in [0.3, 0.4) is 0 Å². The van der Waals surface area contributed by atoms with Crippen LogP contribution >= 0.6 is 11.3 Å². The summed E-state index contributed by atoms with van der Waals surface area (Å²) in [6.45, 7) is 0.